The molecule has 2 aliphatic rings. The Morgan fingerprint density at radius 3 is 2.80 bits per heavy atom. The van der Waals surface area contributed by atoms with Gasteiger partial charge in [0, 0.05) is 13.1 Å². The first-order valence-electron chi connectivity index (χ1n) is 6.89. The lowest BCUT2D eigenvalue weighted by Crippen LogP contribution is -2.56. The third-order valence-electron chi connectivity index (χ3n) is 4.50. The lowest BCUT2D eigenvalue weighted by molar-refractivity contribution is -0.149. The van der Waals surface area contributed by atoms with Gasteiger partial charge in [-0.2, -0.15) is 0 Å². The van der Waals surface area contributed by atoms with Crippen LogP contribution in [0.3, 0.4) is 0 Å². The first-order valence-corrected chi connectivity index (χ1v) is 6.89. The van der Waals surface area contributed by atoms with Crippen LogP contribution in [0, 0.1) is 0 Å². The summed E-state index contributed by atoms with van der Waals surface area (Å²) in [4.78, 5) is 25.2. The number of hydrogen-bond acceptors (Lipinski definition) is 3. The molecule has 2 heterocycles. The summed E-state index contributed by atoms with van der Waals surface area (Å²) in [5.41, 5.74) is 1.79. The van der Waals surface area contributed by atoms with Gasteiger partial charge in [-0.3, -0.25) is 10.1 Å². The number of rotatable bonds is 2. The van der Waals surface area contributed by atoms with Gasteiger partial charge in [0.15, 0.2) is 0 Å². The highest BCUT2D eigenvalue weighted by Crippen LogP contribution is 2.33. The molecule has 0 radical (unpaired) electrons. The maximum atomic E-state index is 12.6. The second-order valence-corrected chi connectivity index (χ2v) is 5.64. The number of carbonyl (C=O) groups excluding carboxylic acids is 1. The minimum atomic E-state index is -0.952. The number of fused-ring (bicyclic) bond motifs is 1. The highest BCUT2D eigenvalue weighted by atomic mass is 16.4. The zero-order valence-electron chi connectivity index (χ0n) is 11.4. The lowest BCUT2D eigenvalue weighted by Gasteiger charge is -2.35. The van der Waals surface area contributed by atoms with E-state index in [9.17, 15) is 9.59 Å². The molecular weight excluding hydrogens is 256 g/mol. The van der Waals surface area contributed by atoms with Crippen molar-refractivity contribution in [2.45, 2.75) is 37.9 Å². The van der Waals surface area contributed by atoms with Crippen molar-refractivity contribution in [2.75, 3.05) is 6.54 Å². The number of benzene rings is 1. The minimum absolute atomic E-state index is 0.0816. The van der Waals surface area contributed by atoms with Gasteiger partial charge in [-0.1, -0.05) is 24.3 Å². The average Bonchev–Trinajstić information content (AvgIpc) is 2.75. The van der Waals surface area contributed by atoms with Gasteiger partial charge >= 0.3 is 5.97 Å². The molecule has 1 spiro atoms. The molecule has 2 unspecified atom stereocenters. The standard InChI is InChI=1S/C15H18N2O3/c1-10(13(18)19)17-7-6-15(14(17)20)8-11-4-2-3-5-12(11)9-16-15/h2-5,10,16H,6-9H2,1H3,(H,18,19). The number of amides is 1. The van der Waals surface area contributed by atoms with Gasteiger partial charge in [0.2, 0.25) is 5.91 Å². The third-order valence-corrected chi connectivity index (χ3v) is 4.50. The molecular formula is C15H18N2O3. The summed E-state index contributed by atoms with van der Waals surface area (Å²) in [6.07, 6.45) is 1.31. The van der Waals surface area contributed by atoms with Gasteiger partial charge in [-0.05, 0) is 30.9 Å². The Morgan fingerprint density at radius 1 is 1.40 bits per heavy atom. The van der Waals surface area contributed by atoms with Gasteiger partial charge in [-0.15, -0.1) is 0 Å². The van der Waals surface area contributed by atoms with Gasteiger partial charge in [0.1, 0.15) is 11.6 Å². The quantitative estimate of drug-likeness (QED) is 0.836. The highest BCUT2D eigenvalue weighted by molar-refractivity contribution is 5.92. The molecule has 0 aliphatic carbocycles. The molecule has 1 saturated heterocycles. The van der Waals surface area contributed by atoms with Crippen LogP contribution in [-0.2, 0) is 22.6 Å². The number of nitrogens with zero attached hydrogens (tertiary/aromatic N) is 1. The molecule has 0 aromatic heterocycles. The lowest BCUT2D eigenvalue weighted by atomic mass is 9.83. The Hall–Kier alpha value is -1.88. The zero-order valence-corrected chi connectivity index (χ0v) is 11.4. The van der Waals surface area contributed by atoms with Crippen molar-refractivity contribution in [3.05, 3.63) is 35.4 Å². The largest absolute Gasteiger partial charge is 0.480 e. The maximum Gasteiger partial charge on any atom is 0.326 e. The molecule has 5 heteroatoms. The Balaban J connectivity index is 1.86. The normalized spacial score (nSPS) is 26.6. The van der Waals surface area contributed by atoms with E-state index in [1.807, 2.05) is 12.1 Å². The second kappa shape index (κ2) is 4.59. The molecule has 1 fully saturated rings. The number of likely N-dealkylation sites (tertiary alicyclic amines) is 1. The number of hydrogen-bond donors (Lipinski definition) is 2. The SMILES string of the molecule is CC(C(=O)O)N1CCC2(Cc3ccccc3CN2)C1=O. The van der Waals surface area contributed by atoms with E-state index in [1.165, 1.54) is 16.0 Å². The van der Waals surface area contributed by atoms with Crippen LogP contribution in [0.5, 0.6) is 0 Å². The molecule has 3 rings (SSSR count). The fraction of sp³-hybridized carbons (Fsp3) is 0.467. The van der Waals surface area contributed by atoms with Crippen molar-refractivity contribution < 1.29 is 14.7 Å². The topological polar surface area (TPSA) is 69.6 Å². The van der Waals surface area contributed by atoms with E-state index in [1.54, 1.807) is 6.92 Å². The van der Waals surface area contributed by atoms with Gasteiger partial charge in [-0.25, -0.2) is 4.79 Å². The smallest absolute Gasteiger partial charge is 0.326 e. The van der Waals surface area contributed by atoms with Crippen LogP contribution < -0.4 is 5.32 Å². The molecule has 106 valence electrons. The van der Waals surface area contributed by atoms with Crippen molar-refractivity contribution in [2.24, 2.45) is 0 Å². The van der Waals surface area contributed by atoms with Crippen LogP contribution in [0.1, 0.15) is 24.5 Å². The summed E-state index contributed by atoms with van der Waals surface area (Å²) in [6, 6.07) is 7.32. The molecule has 0 bridgehead atoms. The fourth-order valence-electron chi connectivity index (χ4n) is 3.18. The second-order valence-electron chi connectivity index (χ2n) is 5.64. The van der Waals surface area contributed by atoms with Gasteiger partial charge in [0.25, 0.3) is 0 Å². The Morgan fingerprint density at radius 2 is 2.10 bits per heavy atom. The minimum Gasteiger partial charge on any atom is -0.480 e. The van der Waals surface area contributed by atoms with Gasteiger partial charge in [0.05, 0.1) is 0 Å². The van der Waals surface area contributed by atoms with Crippen molar-refractivity contribution in [1.29, 1.82) is 0 Å². The van der Waals surface area contributed by atoms with Gasteiger partial charge < -0.3 is 10.0 Å². The number of nitrogens with one attached hydrogen (secondary N) is 1. The first kappa shape index (κ1) is 13.1. The molecule has 20 heavy (non-hydrogen) atoms. The number of carboxylic acids is 1. The van der Waals surface area contributed by atoms with Crippen LogP contribution in [-0.4, -0.2) is 40.0 Å². The zero-order chi connectivity index (χ0) is 14.3. The summed E-state index contributed by atoms with van der Waals surface area (Å²) in [6.45, 7) is 2.73. The van der Waals surface area contributed by atoms with E-state index in [0.717, 1.165) is 0 Å². The summed E-state index contributed by atoms with van der Waals surface area (Å²) in [5, 5.41) is 12.4. The van der Waals surface area contributed by atoms with Crippen LogP contribution in [0.4, 0.5) is 0 Å². The van der Waals surface area contributed by atoms with E-state index in [-0.39, 0.29) is 5.91 Å². The molecule has 1 aromatic rings. The van der Waals surface area contributed by atoms with Crippen molar-refractivity contribution in [3.63, 3.8) is 0 Å². The van der Waals surface area contributed by atoms with Crippen LogP contribution in [0.2, 0.25) is 0 Å². The molecule has 2 atom stereocenters. The number of carboxylic acid groups (broad SMARTS) is 1. The average molecular weight is 274 g/mol. The predicted molar refractivity (Wildman–Crippen MR) is 73.1 cm³/mol. The molecule has 2 N–H and O–H groups in total. The van der Waals surface area contributed by atoms with Crippen LogP contribution in [0.25, 0.3) is 0 Å². The van der Waals surface area contributed by atoms with E-state index < -0.39 is 17.6 Å². The highest BCUT2D eigenvalue weighted by Gasteiger charge is 2.50. The van der Waals surface area contributed by atoms with Crippen molar-refractivity contribution >= 4 is 11.9 Å². The number of aliphatic carboxylic acids is 1. The third kappa shape index (κ3) is 1.89. The fourth-order valence-corrected chi connectivity index (χ4v) is 3.18. The summed E-state index contributed by atoms with van der Waals surface area (Å²) < 4.78 is 0. The summed E-state index contributed by atoms with van der Waals surface area (Å²) in [7, 11) is 0. The molecule has 1 aromatic carbocycles. The predicted octanol–water partition coefficient (Wildman–Crippen LogP) is 0.776. The van der Waals surface area contributed by atoms with Crippen molar-refractivity contribution in [3.8, 4) is 0 Å². The van der Waals surface area contributed by atoms with E-state index in [4.69, 9.17) is 5.11 Å². The van der Waals surface area contributed by atoms with E-state index >= 15 is 0 Å². The summed E-state index contributed by atoms with van der Waals surface area (Å²) in [5.74, 6) is -1.03. The van der Waals surface area contributed by atoms with E-state index in [0.29, 0.717) is 25.9 Å². The maximum absolute atomic E-state index is 12.6. The first-order chi connectivity index (χ1) is 9.53. The number of carbonyl (C=O) groups is 2. The Bertz CT molecular complexity index is 572. The molecule has 0 saturated carbocycles. The molecule has 5 nitrogen and oxygen atoms in total. The molecule has 2 aliphatic heterocycles. The van der Waals surface area contributed by atoms with Crippen molar-refractivity contribution in [1.82, 2.24) is 10.2 Å². The Kier molecular flexibility index (Phi) is 3.01. The van der Waals surface area contributed by atoms with E-state index in [2.05, 4.69) is 17.4 Å². The van der Waals surface area contributed by atoms with Crippen LogP contribution in [0.15, 0.2) is 24.3 Å². The Labute approximate surface area is 117 Å². The molecule has 1 amide bonds. The monoisotopic (exact) mass is 274 g/mol. The summed E-state index contributed by atoms with van der Waals surface area (Å²) >= 11 is 0. The van der Waals surface area contributed by atoms with Crippen LogP contribution >= 0.6 is 0 Å².